The lowest BCUT2D eigenvalue weighted by Crippen LogP contribution is -2.36. The first kappa shape index (κ1) is 32.2. The summed E-state index contributed by atoms with van der Waals surface area (Å²) >= 11 is 0. The number of hydrogen-bond donors (Lipinski definition) is 0. The van der Waals surface area contributed by atoms with E-state index < -0.39 is 5.60 Å². The molecule has 0 aromatic heterocycles. The van der Waals surface area contributed by atoms with E-state index in [0.717, 1.165) is 31.9 Å². The van der Waals surface area contributed by atoms with E-state index in [1.807, 2.05) is 0 Å². The van der Waals surface area contributed by atoms with Gasteiger partial charge in [-0.05, 0) is 109 Å². The van der Waals surface area contributed by atoms with E-state index in [0.29, 0.717) is 0 Å². The summed E-state index contributed by atoms with van der Waals surface area (Å²) in [6, 6.07) is 37.1. The van der Waals surface area contributed by atoms with Crippen molar-refractivity contribution >= 4 is 28.2 Å². The molecule has 2 aliphatic carbocycles. The second-order valence-corrected chi connectivity index (χ2v) is 16.3. The quantitative estimate of drug-likeness (QED) is 0.187. The van der Waals surface area contributed by atoms with Gasteiger partial charge < -0.3 is 14.5 Å². The van der Waals surface area contributed by atoms with E-state index in [1.54, 1.807) is 5.56 Å². The van der Waals surface area contributed by atoms with Crippen LogP contribution in [0.2, 0.25) is 0 Å². The van der Waals surface area contributed by atoms with Crippen molar-refractivity contribution in [2.45, 2.75) is 94.5 Å². The van der Waals surface area contributed by atoms with Crippen LogP contribution in [0.4, 0.5) is 11.4 Å². The first-order valence-corrected chi connectivity index (χ1v) is 20.5. The highest BCUT2D eigenvalue weighted by atomic mass is 16.5. The van der Waals surface area contributed by atoms with Crippen LogP contribution in [0.3, 0.4) is 0 Å². The van der Waals surface area contributed by atoms with Crippen LogP contribution in [0.15, 0.2) is 103 Å². The fraction of sp³-hybridized carbons (Fsp3) is 0.388. The van der Waals surface area contributed by atoms with Crippen molar-refractivity contribution in [1.82, 2.24) is 0 Å². The Morgan fingerprint density at radius 3 is 1.85 bits per heavy atom. The van der Waals surface area contributed by atoms with E-state index in [2.05, 4.69) is 119 Å². The number of anilines is 2. The number of piperidine rings is 2. The topological polar surface area (TPSA) is 15.7 Å². The maximum atomic E-state index is 7.83. The second kappa shape index (κ2) is 13.2. The van der Waals surface area contributed by atoms with Gasteiger partial charge in [-0.1, -0.05) is 111 Å². The second-order valence-electron chi connectivity index (χ2n) is 16.3. The Hall–Kier alpha value is -4.50. The number of nitrogens with zero attached hydrogens (tertiary/aromatic N) is 2. The molecule has 0 radical (unpaired) electrons. The van der Waals surface area contributed by atoms with Crippen LogP contribution < -0.4 is 14.5 Å². The molecule has 52 heavy (non-hydrogen) atoms. The third-order valence-corrected chi connectivity index (χ3v) is 13.4. The summed E-state index contributed by atoms with van der Waals surface area (Å²) in [5.74, 6) is 1.06. The smallest absolute Gasteiger partial charge is 0.178 e. The van der Waals surface area contributed by atoms with Crippen molar-refractivity contribution in [2.75, 3.05) is 36.0 Å². The Morgan fingerprint density at radius 2 is 1.12 bits per heavy atom. The average Bonchev–Trinajstić information content (AvgIpc) is 3.50. The van der Waals surface area contributed by atoms with Gasteiger partial charge in [0.15, 0.2) is 5.60 Å². The molecular weight excluding hydrogens is 633 g/mol. The largest absolute Gasteiger partial charge is 0.472 e. The molecule has 5 aromatic carbocycles. The van der Waals surface area contributed by atoms with Crippen molar-refractivity contribution in [3.05, 3.63) is 131 Å². The Labute approximate surface area is 310 Å². The molecule has 5 aliphatic rings. The molecule has 2 saturated heterocycles. The van der Waals surface area contributed by atoms with Crippen molar-refractivity contribution in [3.8, 4) is 16.9 Å². The van der Waals surface area contributed by atoms with Gasteiger partial charge in [0.25, 0.3) is 0 Å². The summed E-state index contributed by atoms with van der Waals surface area (Å²) in [7, 11) is 0. The fourth-order valence-electron chi connectivity index (χ4n) is 10.8. The number of rotatable bonds is 4. The van der Waals surface area contributed by atoms with Crippen LogP contribution in [0, 0.1) is 0 Å². The summed E-state index contributed by atoms with van der Waals surface area (Å²) in [6.07, 6.45) is 21.6. The van der Waals surface area contributed by atoms with Crippen LogP contribution in [-0.4, -0.2) is 26.2 Å². The van der Waals surface area contributed by atoms with Crippen molar-refractivity contribution in [2.24, 2.45) is 0 Å². The highest BCUT2D eigenvalue weighted by Crippen LogP contribution is 2.61. The average molecular weight is 685 g/mol. The van der Waals surface area contributed by atoms with E-state index in [4.69, 9.17) is 4.74 Å². The molecule has 1 saturated carbocycles. The van der Waals surface area contributed by atoms with Crippen LogP contribution >= 0.6 is 0 Å². The van der Waals surface area contributed by atoms with Gasteiger partial charge in [-0.2, -0.15) is 0 Å². The highest BCUT2D eigenvalue weighted by molar-refractivity contribution is 6.09. The van der Waals surface area contributed by atoms with Gasteiger partial charge in [0.1, 0.15) is 5.75 Å². The molecule has 3 aliphatic heterocycles. The van der Waals surface area contributed by atoms with Gasteiger partial charge in [0.05, 0.1) is 0 Å². The van der Waals surface area contributed by atoms with Crippen molar-refractivity contribution in [3.63, 3.8) is 0 Å². The van der Waals surface area contributed by atoms with Crippen molar-refractivity contribution < 1.29 is 4.74 Å². The van der Waals surface area contributed by atoms with Gasteiger partial charge in [0.2, 0.25) is 0 Å². The minimum absolute atomic E-state index is 0.00665. The Bertz CT molecular complexity index is 2110. The molecule has 3 heterocycles. The zero-order valence-corrected chi connectivity index (χ0v) is 30.7. The highest BCUT2D eigenvalue weighted by Gasteiger charge is 2.48. The Balaban J connectivity index is 1.21. The maximum absolute atomic E-state index is 7.83. The molecule has 0 N–H and O–H groups in total. The predicted octanol–water partition coefficient (Wildman–Crippen LogP) is 12.2. The molecule has 0 bridgehead atoms. The normalized spacial score (nSPS) is 22.3. The van der Waals surface area contributed by atoms with Gasteiger partial charge in [0, 0.05) is 65.0 Å². The summed E-state index contributed by atoms with van der Waals surface area (Å²) in [6.45, 7) is 4.55. The monoisotopic (exact) mass is 684 g/mol. The standard InChI is InChI=1S/C49H52N2O/c1-2-11-28-48(29-12-3-1)44-20-10-9-19-41(44)45-40-26-25-39(51-33-15-6-16-34-51)35-43(40)47-42(46(45)48)27-30-49(52-47,36-17-7-4-8-18-36)37-21-23-38(24-22-37)50-31-13-5-14-32-50/h4,7-10,17-27,30,35H,1-3,5-6,11-16,28-29,31-34H2. The lowest BCUT2D eigenvalue weighted by Gasteiger charge is -2.40. The van der Waals surface area contributed by atoms with E-state index in [-0.39, 0.29) is 5.41 Å². The molecular formula is C49H52N2O. The first-order valence-electron chi connectivity index (χ1n) is 20.5. The molecule has 3 nitrogen and oxygen atoms in total. The minimum Gasteiger partial charge on any atom is -0.472 e. The van der Waals surface area contributed by atoms with Crippen LogP contribution in [0.5, 0.6) is 5.75 Å². The van der Waals surface area contributed by atoms with E-state index >= 15 is 0 Å². The SMILES string of the molecule is C1=CC(c2ccccc2)(c2ccc(N3CCCCC3)cc2)Oc2c1c1c(c3ccc(N4CCCCC4)cc23)-c2ccccc2C12CCCCCCC2. The zero-order valence-electron chi connectivity index (χ0n) is 30.7. The molecule has 0 amide bonds. The van der Waals surface area contributed by atoms with Crippen LogP contribution in [-0.2, 0) is 11.0 Å². The van der Waals surface area contributed by atoms with E-state index in [9.17, 15) is 0 Å². The van der Waals surface area contributed by atoms with E-state index in [1.165, 1.54) is 139 Å². The molecule has 5 aromatic rings. The third-order valence-electron chi connectivity index (χ3n) is 13.4. The minimum atomic E-state index is -0.740. The summed E-state index contributed by atoms with van der Waals surface area (Å²) in [5.41, 5.74) is 11.6. The lowest BCUT2D eigenvalue weighted by atomic mass is 9.67. The zero-order chi connectivity index (χ0) is 34.5. The molecule has 3 heteroatoms. The number of fused-ring (bicyclic) bond motifs is 10. The van der Waals surface area contributed by atoms with Crippen LogP contribution in [0.25, 0.3) is 28.0 Å². The summed E-state index contributed by atoms with van der Waals surface area (Å²) in [4.78, 5) is 5.16. The molecule has 1 unspecified atom stereocenters. The van der Waals surface area contributed by atoms with Gasteiger partial charge in [-0.25, -0.2) is 0 Å². The fourth-order valence-corrected chi connectivity index (χ4v) is 10.8. The first-order chi connectivity index (χ1) is 25.8. The Kier molecular flexibility index (Phi) is 8.15. The summed E-state index contributed by atoms with van der Waals surface area (Å²) < 4.78 is 7.83. The Morgan fingerprint density at radius 1 is 0.519 bits per heavy atom. The van der Waals surface area contributed by atoms with Gasteiger partial charge >= 0.3 is 0 Å². The van der Waals surface area contributed by atoms with Crippen LogP contribution in [0.1, 0.15) is 111 Å². The van der Waals surface area contributed by atoms with Crippen molar-refractivity contribution in [1.29, 1.82) is 0 Å². The maximum Gasteiger partial charge on any atom is 0.178 e. The predicted molar refractivity (Wildman–Crippen MR) is 218 cm³/mol. The number of benzene rings is 5. The molecule has 3 fully saturated rings. The molecule has 264 valence electrons. The van der Waals surface area contributed by atoms with Gasteiger partial charge in [-0.15, -0.1) is 0 Å². The lowest BCUT2D eigenvalue weighted by molar-refractivity contribution is 0.163. The number of hydrogen-bond acceptors (Lipinski definition) is 3. The third kappa shape index (κ3) is 5.13. The molecule has 10 rings (SSSR count). The van der Waals surface area contributed by atoms with Gasteiger partial charge in [-0.3, -0.25) is 0 Å². The summed E-state index contributed by atoms with van der Waals surface area (Å²) in [5, 5.41) is 2.60. The number of ether oxygens (including phenoxy) is 1. The molecule has 1 spiro atoms. The molecule has 1 atom stereocenters.